The third-order valence-corrected chi connectivity index (χ3v) is 3.72. The highest BCUT2D eigenvalue weighted by Gasteiger charge is 2.22. The lowest BCUT2D eigenvalue weighted by atomic mass is 9.99. The summed E-state index contributed by atoms with van der Waals surface area (Å²) in [6.45, 7) is 2.28. The largest absolute Gasteiger partial charge is 0.477 e. The van der Waals surface area contributed by atoms with Crippen molar-refractivity contribution in [2.24, 2.45) is 5.92 Å². The monoisotopic (exact) mass is 294 g/mol. The minimum absolute atomic E-state index is 0.281. The van der Waals surface area contributed by atoms with Gasteiger partial charge in [-0.3, -0.25) is 10.1 Å². The van der Waals surface area contributed by atoms with Gasteiger partial charge < -0.3 is 14.7 Å². The van der Waals surface area contributed by atoms with E-state index in [2.05, 4.69) is 0 Å². The Balaban J connectivity index is 2.17. The summed E-state index contributed by atoms with van der Waals surface area (Å²) in [6.07, 6.45) is 1.95. The lowest BCUT2D eigenvalue weighted by Gasteiger charge is -2.28. The third kappa shape index (κ3) is 3.69. The van der Waals surface area contributed by atoms with Gasteiger partial charge in [0.15, 0.2) is 0 Å². The molecule has 0 saturated carbocycles. The number of aromatic carboxylic acids is 1. The average Bonchev–Trinajstić information content (AvgIpc) is 2.47. The molecule has 21 heavy (non-hydrogen) atoms. The Morgan fingerprint density at radius 2 is 2.14 bits per heavy atom. The van der Waals surface area contributed by atoms with E-state index in [1.807, 2.05) is 11.9 Å². The molecule has 7 nitrogen and oxygen atoms in total. The van der Waals surface area contributed by atoms with Gasteiger partial charge in [0.1, 0.15) is 5.56 Å². The molecular formula is C14H18N2O5. The number of hydrogen-bond acceptors (Lipinski definition) is 5. The van der Waals surface area contributed by atoms with E-state index in [-0.39, 0.29) is 11.3 Å². The molecular weight excluding hydrogens is 276 g/mol. The van der Waals surface area contributed by atoms with Crippen LogP contribution in [0.3, 0.4) is 0 Å². The maximum absolute atomic E-state index is 11.2. The molecule has 0 radical (unpaired) electrons. The quantitative estimate of drug-likeness (QED) is 0.660. The van der Waals surface area contributed by atoms with E-state index in [4.69, 9.17) is 9.84 Å². The van der Waals surface area contributed by atoms with Crippen LogP contribution in [-0.2, 0) is 4.74 Å². The fourth-order valence-electron chi connectivity index (χ4n) is 2.51. The molecule has 0 unspecified atom stereocenters. The second-order valence-electron chi connectivity index (χ2n) is 5.20. The van der Waals surface area contributed by atoms with E-state index in [0.717, 1.165) is 32.6 Å². The van der Waals surface area contributed by atoms with Crippen LogP contribution in [0.15, 0.2) is 18.2 Å². The fraction of sp³-hybridized carbons (Fsp3) is 0.500. The Morgan fingerprint density at radius 1 is 1.48 bits per heavy atom. The van der Waals surface area contributed by atoms with Crippen molar-refractivity contribution in [1.29, 1.82) is 0 Å². The highest BCUT2D eigenvalue weighted by molar-refractivity contribution is 5.93. The van der Waals surface area contributed by atoms with Crippen molar-refractivity contribution < 1.29 is 19.6 Å². The number of carbonyl (C=O) groups is 1. The van der Waals surface area contributed by atoms with Gasteiger partial charge in [-0.25, -0.2) is 4.79 Å². The number of nitrogens with zero attached hydrogens (tertiary/aromatic N) is 2. The van der Waals surface area contributed by atoms with Gasteiger partial charge in [-0.15, -0.1) is 0 Å². The molecule has 0 atom stereocenters. The summed E-state index contributed by atoms with van der Waals surface area (Å²) in [5.74, 6) is -0.796. The fourth-order valence-corrected chi connectivity index (χ4v) is 2.51. The second kappa shape index (κ2) is 6.53. The smallest absolute Gasteiger partial charge is 0.342 e. The summed E-state index contributed by atoms with van der Waals surface area (Å²) >= 11 is 0. The molecule has 1 saturated heterocycles. The van der Waals surface area contributed by atoms with E-state index < -0.39 is 10.9 Å². The van der Waals surface area contributed by atoms with E-state index in [1.54, 1.807) is 6.07 Å². The Hall–Kier alpha value is -2.15. The molecule has 1 N–H and O–H groups in total. The highest BCUT2D eigenvalue weighted by Crippen LogP contribution is 2.26. The third-order valence-electron chi connectivity index (χ3n) is 3.72. The van der Waals surface area contributed by atoms with Crippen molar-refractivity contribution in [1.82, 2.24) is 0 Å². The average molecular weight is 294 g/mol. The first kappa shape index (κ1) is 15.2. The van der Waals surface area contributed by atoms with Crippen LogP contribution < -0.4 is 4.90 Å². The van der Waals surface area contributed by atoms with Gasteiger partial charge >= 0.3 is 5.97 Å². The van der Waals surface area contributed by atoms with Crippen LogP contribution in [0.2, 0.25) is 0 Å². The molecule has 1 aliphatic heterocycles. The van der Waals surface area contributed by atoms with Gasteiger partial charge in [0.05, 0.1) is 4.92 Å². The molecule has 0 amide bonds. The van der Waals surface area contributed by atoms with Crippen LogP contribution >= 0.6 is 0 Å². The van der Waals surface area contributed by atoms with Crippen molar-refractivity contribution in [3.63, 3.8) is 0 Å². The first-order valence-corrected chi connectivity index (χ1v) is 6.79. The molecule has 0 spiro atoms. The van der Waals surface area contributed by atoms with Crippen LogP contribution in [0.25, 0.3) is 0 Å². The predicted molar refractivity (Wildman–Crippen MR) is 76.9 cm³/mol. The van der Waals surface area contributed by atoms with Crippen molar-refractivity contribution in [3.8, 4) is 0 Å². The van der Waals surface area contributed by atoms with Crippen molar-refractivity contribution in [3.05, 3.63) is 33.9 Å². The summed E-state index contributed by atoms with van der Waals surface area (Å²) in [5.41, 5.74) is 0.00605. The second-order valence-corrected chi connectivity index (χ2v) is 5.20. The van der Waals surface area contributed by atoms with Crippen LogP contribution in [0.1, 0.15) is 23.2 Å². The summed E-state index contributed by atoms with van der Waals surface area (Å²) < 4.78 is 5.31. The topological polar surface area (TPSA) is 92.9 Å². The normalized spacial score (nSPS) is 15.7. The molecule has 1 heterocycles. The number of nitro groups is 1. The number of benzene rings is 1. The minimum Gasteiger partial charge on any atom is -0.477 e. The van der Waals surface area contributed by atoms with Crippen molar-refractivity contribution in [2.75, 3.05) is 31.7 Å². The lowest BCUT2D eigenvalue weighted by Crippen LogP contribution is -2.29. The van der Waals surface area contributed by atoms with Gasteiger partial charge in [-0.1, -0.05) is 0 Å². The number of anilines is 1. The van der Waals surface area contributed by atoms with Gasteiger partial charge in [-0.05, 0) is 30.9 Å². The number of rotatable bonds is 5. The maximum Gasteiger partial charge on any atom is 0.342 e. The van der Waals surface area contributed by atoms with Gasteiger partial charge in [-0.2, -0.15) is 0 Å². The Labute approximate surface area is 122 Å². The molecule has 2 rings (SSSR count). The Morgan fingerprint density at radius 3 is 2.71 bits per heavy atom. The van der Waals surface area contributed by atoms with E-state index in [9.17, 15) is 14.9 Å². The molecule has 0 aromatic heterocycles. The predicted octanol–water partition coefficient (Wildman–Crippen LogP) is 2.16. The number of ether oxygens (including phenoxy) is 1. The first-order valence-electron chi connectivity index (χ1n) is 6.79. The van der Waals surface area contributed by atoms with Gasteiger partial charge in [0.25, 0.3) is 5.69 Å². The summed E-state index contributed by atoms with van der Waals surface area (Å²) in [4.78, 5) is 23.3. The Kier molecular flexibility index (Phi) is 4.74. The van der Waals surface area contributed by atoms with Crippen LogP contribution in [0, 0.1) is 16.0 Å². The summed E-state index contributed by atoms with van der Waals surface area (Å²) in [5, 5.41) is 19.9. The van der Waals surface area contributed by atoms with Crippen molar-refractivity contribution >= 4 is 17.3 Å². The Bertz CT molecular complexity index is 540. The van der Waals surface area contributed by atoms with Crippen LogP contribution in [-0.4, -0.2) is 42.8 Å². The molecule has 1 aromatic carbocycles. The van der Waals surface area contributed by atoms with E-state index >= 15 is 0 Å². The number of carboxylic acids is 1. The standard InChI is InChI=1S/C14H18N2O5/c1-15(9-10-4-6-21-7-5-10)11-2-3-13(16(19)20)12(8-11)14(17)18/h2-3,8,10H,4-7,9H2,1H3,(H,17,18). The SMILES string of the molecule is CN(CC1CCOCC1)c1ccc([N+](=O)[O-])c(C(=O)O)c1. The van der Waals surface area contributed by atoms with Crippen LogP contribution in [0.5, 0.6) is 0 Å². The zero-order valence-electron chi connectivity index (χ0n) is 11.8. The molecule has 1 aromatic rings. The van der Waals surface area contributed by atoms with Gasteiger partial charge in [0.2, 0.25) is 0 Å². The van der Waals surface area contributed by atoms with E-state index in [1.165, 1.54) is 12.1 Å². The molecule has 0 aliphatic carbocycles. The summed E-state index contributed by atoms with van der Waals surface area (Å²) in [6, 6.07) is 4.20. The molecule has 0 bridgehead atoms. The minimum atomic E-state index is -1.29. The molecule has 114 valence electrons. The zero-order valence-corrected chi connectivity index (χ0v) is 11.8. The molecule has 7 heteroatoms. The van der Waals surface area contributed by atoms with Crippen molar-refractivity contribution in [2.45, 2.75) is 12.8 Å². The zero-order chi connectivity index (χ0) is 15.4. The van der Waals surface area contributed by atoms with Gasteiger partial charge in [0, 0.05) is 38.6 Å². The van der Waals surface area contributed by atoms with Crippen LogP contribution in [0.4, 0.5) is 11.4 Å². The number of nitro benzene ring substituents is 1. The first-order chi connectivity index (χ1) is 9.99. The number of carboxylic acid groups (broad SMARTS) is 1. The maximum atomic E-state index is 11.2. The number of hydrogen-bond donors (Lipinski definition) is 1. The van der Waals surface area contributed by atoms with E-state index in [0.29, 0.717) is 11.6 Å². The lowest BCUT2D eigenvalue weighted by molar-refractivity contribution is -0.385. The molecule has 1 aliphatic rings. The molecule has 1 fully saturated rings. The summed E-state index contributed by atoms with van der Waals surface area (Å²) in [7, 11) is 1.86. The highest BCUT2D eigenvalue weighted by atomic mass is 16.6.